The summed E-state index contributed by atoms with van der Waals surface area (Å²) in [5, 5.41) is 5.00. The molecule has 0 aliphatic carbocycles. The third-order valence-corrected chi connectivity index (χ3v) is 10.0. The Labute approximate surface area is 185 Å². The van der Waals surface area contributed by atoms with Crippen molar-refractivity contribution in [2.24, 2.45) is 0 Å². The number of hydrogen-bond acceptors (Lipinski definition) is 0. The Morgan fingerprint density at radius 2 is 1.00 bits per heavy atom. The SMILES string of the molecule is Cc1cccc(Cl)c1C[P+](c1ccccc1)(c1ccccc1)c1ccccc1.[Cl-]. The van der Waals surface area contributed by atoms with Gasteiger partial charge in [-0.1, -0.05) is 78.3 Å². The van der Waals surface area contributed by atoms with Gasteiger partial charge in [-0.25, -0.2) is 0 Å². The van der Waals surface area contributed by atoms with Gasteiger partial charge >= 0.3 is 0 Å². The van der Waals surface area contributed by atoms with Crippen molar-refractivity contribution in [3.8, 4) is 0 Å². The predicted octanol–water partition coefficient (Wildman–Crippen LogP) is 3.15. The molecule has 146 valence electrons. The highest BCUT2D eigenvalue weighted by molar-refractivity contribution is 7.95. The zero-order valence-corrected chi connectivity index (χ0v) is 18.7. The van der Waals surface area contributed by atoms with Gasteiger partial charge in [0.2, 0.25) is 0 Å². The molecule has 0 atom stereocenters. The van der Waals surface area contributed by atoms with Crippen LogP contribution in [-0.2, 0) is 6.16 Å². The highest BCUT2D eigenvalue weighted by atomic mass is 35.5. The van der Waals surface area contributed by atoms with Crippen LogP contribution in [0.3, 0.4) is 0 Å². The van der Waals surface area contributed by atoms with Gasteiger partial charge in [0.15, 0.2) is 0 Å². The summed E-state index contributed by atoms with van der Waals surface area (Å²) in [4.78, 5) is 0. The molecular weight excluding hydrogens is 414 g/mol. The van der Waals surface area contributed by atoms with Gasteiger partial charge in [0, 0.05) is 10.6 Å². The Morgan fingerprint density at radius 3 is 1.38 bits per heavy atom. The van der Waals surface area contributed by atoms with Crippen LogP contribution in [0.1, 0.15) is 11.1 Å². The lowest BCUT2D eigenvalue weighted by Crippen LogP contribution is -3.00. The number of aryl methyl sites for hydroxylation is 1. The molecule has 0 aliphatic heterocycles. The summed E-state index contributed by atoms with van der Waals surface area (Å²) in [6.07, 6.45) is 0.913. The first-order chi connectivity index (χ1) is 13.7. The van der Waals surface area contributed by atoms with Crippen LogP contribution in [0.4, 0.5) is 0 Å². The minimum Gasteiger partial charge on any atom is -1.00 e. The van der Waals surface area contributed by atoms with E-state index in [-0.39, 0.29) is 12.4 Å². The van der Waals surface area contributed by atoms with E-state index in [9.17, 15) is 0 Å². The lowest BCUT2D eigenvalue weighted by molar-refractivity contribution is -0.00000540. The van der Waals surface area contributed by atoms with E-state index in [2.05, 4.69) is 104 Å². The zero-order chi connectivity index (χ0) is 19.4. The third-order valence-electron chi connectivity index (χ3n) is 5.34. The molecule has 0 bridgehead atoms. The molecule has 29 heavy (non-hydrogen) atoms. The van der Waals surface area contributed by atoms with Crippen molar-refractivity contribution in [1.29, 1.82) is 0 Å². The molecular formula is C26H23Cl2P. The third kappa shape index (κ3) is 4.26. The van der Waals surface area contributed by atoms with E-state index in [1.54, 1.807) is 0 Å². The average molecular weight is 437 g/mol. The first kappa shape index (κ1) is 21.6. The molecule has 0 radical (unpaired) electrons. The quantitative estimate of drug-likeness (QED) is 0.421. The van der Waals surface area contributed by atoms with Crippen molar-refractivity contribution in [3.63, 3.8) is 0 Å². The molecule has 4 aromatic carbocycles. The van der Waals surface area contributed by atoms with Gasteiger partial charge < -0.3 is 12.4 Å². The van der Waals surface area contributed by atoms with Crippen LogP contribution in [0.25, 0.3) is 0 Å². The van der Waals surface area contributed by atoms with Gasteiger partial charge in [0.05, 0.1) is 0 Å². The van der Waals surface area contributed by atoms with Crippen LogP contribution < -0.4 is 28.3 Å². The Bertz CT molecular complexity index is 931. The fourth-order valence-electron chi connectivity index (χ4n) is 3.87. The van der Waals surface area contributed by atoms with E-state index < -0.39 is 7.26 Å². The predicted molar refractivity (Wildman–Crippen MR) is 125 cm³/mol. The van der Waals surface area contributed by atoms with Crippen molar-refractivity contribution in [1.82, 2.24) is 0 Å². The lowest BCUT2D eigenvalue weighted by atomic mass is 10.1. The molecule has 4 aromatic rings. The van der Waals surface area contributed by atoms with Gasteiger partial charge in [0.1, 0.15) is 29.3 Å². The minimum atomic E-state index is -1.91. The molecule has 0 saturated heterocycles. The van der Waals surface area contributed by atoms with E-state index in [0.29, 0.717) is 0 Å². The number of hydrogen-bond donors (Lipinski definition) is 0. The minimum absolute atomic E-state index is 0. The van der Waals surface area contributed by atoms with Gasteiger partial charge in [0.25, 0.3) is 0 Å². The second-order valence-electron chi connectivity index (χ2n) is 7.01. The van der Waals surface area contributed by atoms with Crippen molar-refractivity contribution in [2.75, 3.05) is 0 Å². The van der Waals surface area contributed by atoms with E-state index in [4.69, 9.17) is 11.6 Å². The van der Waals surface area contributed by atoms with Crippen LogP contribution in [0, 0.1) is 6.92 Å². The maximum absolute atomic E-state index is 6.72. The fraction of sp³-hybridized carbons (Fsp3) is 0.0769. The molecule has 0 unspecified atom stereocenters. The molecule has 0 aromatic heterocycles. The van der Waals surface area contributed by atoms with E-state index >= 15 is 0 Å². The molecule has 0 aliphatic rings. The van der Waals surface area contributed by atoms with Crippen molar-refractivity contribution in [2.45, 2.75) is 13.1 Å². The summed E-state index contributed by atoms with van der Waals surface area (Å²) in [6.45, 7) is 2.16. The Kier molecular flexibility index (Phi) is 7.14. The molecule has 0 heterocycles. The summed E-state index contributed by atoms with van der Waals surface area (Å²) >= 11 is 6.72. The molecule has 0 fully saturated rings. The highest BCUT2D eigenvalue weighted by Crippen LogP contribution is 2.59. The maximum Gasteiger partial charge on any atom is 0.116 e. The number of rotatable bonds is 5. The normalized spacial score (nSPS) is 11.0. The molecule has 4 rings (SSSR count). The summed E-state index contributed by atoms with van der Waals surface area (Å²) < 4.78 is 0. The second-order valence-corrected chi connectivity index (χ2v) is 10.9. The van der Waals surface area contributed by atoms with Gasteiger partial charge in [-0.3, -0.25) is 0 Å². The summed E-state index contributed by atoms with van der Waals surface area (Å²) in [6, 6.07) is 39.0. The second kappa shape index (κ2) is 9.59. The van der Waals surface area contributed by atoms with Crippen molar-refractivity contribution in [3.05, 3.63) is 125 Å². The summed E-state index contributed by atoms with van der Waals surface area (Å²) in [5.41, 5.74) is 2.49. The lowest BCUT2D eigenvalue weighted by Gasteiger charge is -2.28. The zero-order valence-electron chi connectivity index (χ0n) is 16.3. The highest BCUT2D eigenvalue weighted by Gasteiger charge is 2.45. The van der Waals surface area contributed by atoms with Crippen LogP contribution >= 0.6 is 18.9 Å². The standard InChI is InChI=1S/C26H23ClP.ClH/c1-21-12-11-19-26(27)25(21)20-28(22-13-5-2-6-14-22,23-15-7-3-8-16-23)24-17-9-4-10-18-24;/h2-19H,20H2,1H3;1H/q+1;/p-1. The smallest absolute Gasteiger partial charge is 0.116 e. The average Bonchev–Trinajstić information content (AvgIpc) is 2.76. The molecule has 0 spiro atoms. The van der Waals surface area contributed by atoms with E-state index in [1.807, 2.05) is 12.1 Å². The molecule has 3 heteroatoms. The van der Waals surface area contributed by atoms with Gasteiger partial charge in [-0.15, -0.1) is 0 Å². The first-order valence-corrected chi connectivity index (χ1v) is 11.9. The van der Waals surface area contributed by atoms with E-state index in [0.717, 1.165) is 11.2 Å². The van der Waals surface area contributed by atoms with Crippen LogP contribution in [0.2, 0.25) is 5.02 Å². The Hall–Kier alpha value is -2.11. The van der Waals surface area contributed by atoms with Crippen LogP contribution in [0.15, 0.2) is 109 Å². The van der Waals surface area contributed by atoms with Crippen LogP contribution in [-0.4, -0.2) is 0 Å². The summed E-state index contributed by atoms with van der Waals surface area (Å²) in [5.74, 6) is 0. The molecule has 0 saturated carbocycles. The molecule has 0 nitrogen and oxygen atoms in total. The molecule has 0 amide bonds. The fourth-order valence-corrected chi connectivity index (χ4v) is 8.63. The van der Waals surface area contributed by atoms with Crippen LogP contribution in [0.5, 0.6) is 0 Å². The number of halogens is 2. The first-order valence-electron chi connectivity index (χ1n) is 9.51. The number of benzene rings is 4. The van der Waals surface area contributed by atoms with Gasteiger partial charge in [-0.2, -0.15) is 0 Å². The monoisotopic (exact) mass is 436 g/mol. The summed E-state index contributed by atoms with van der Waals surface area (Å²) in [7, 11) is -1.91. The largest absolute Gasteiger partial charge is 1.00 e. The Morgan fingerprint density at radius 1 is 0.586 bits per heavy atom. The van der Waals surface area contributed by atoms with Gasteiger partial charge in [-0.05, 0) is 55.0 Å². The van der Waals surface area contributed by atoms with Crippen molar-refractivity contribution < 1.29 is 12.4 Å². The topological polar surface area (TPSA) is 0 Å². The van der Waals surface area contributed by atoms with E-state index in [1.165, 1.54) is 27.0 Å². The van der Waals surface area contributed by atoms with Crippen molar-refractivity contribution >= 4 is 34.8 Å². The Balaban J connectivity index is 0.00000240. The maximum atomic E-state index is 6.72. The molecule has 0 N–H and O–H groups in total.